The van der Waals surface area contributed by atoms with Crippen LogP contribution in [-0.4, -0.2) is 36.1 Å². The molecule has 0 aromatic carbocycles. The largest absolute Gasteiger partial charge is 0.311 e. The van der Waals surface area contributed by atoms with E-state index < -0.39 is 0 Å². The van der Waals surface area contributed by atoms with Crippen LogP contribution in [-0.2, 0) is 0 Å². The fourth-order valence-corrected chi connectivity index (χ4v) is 3.95. The standard InChI is InChI=1S/C17H34N2/c1-12-8-7-9-15(14(12)3)19-11-16(17(4,5)6)18-10-13(19)2/h12-16,18H,7-11H2,1-6H3. The minimum atomic E-state index is 0.363. The second-order valence-corrected chi connectivity index (χ2v) is 8.21. The van der Waals surface area contributed by atoms with Gasteiger partial charge in [-0.25, -0.2) is 0 Å². The van der Waals surface area contributed by atoms with Crippen molar-refractivity contribution in [3.05, 3.63) is 0 Å². The smallest absolute Gasteiger partial charge is 0.0244 e. The average molecular weight is 266 g/mol. The van der Waals surface area contributed by atoms with E-state index in [0.717, 1.165) is 24.4 Å². The molecule has 0 bridgehead atoms. The first-order valence-corrected chi connectivity index (χ1v) is 8.30. The Kier molecular flexibility index (Phi) is 4.62. The van der Waals surface area contributed by atoms with Gasteiger partial charge in [0.15, 0.2) is 0 Å². The molecule has 0 amide bonds. The fourth-order valence-electron chi connectivity index (χ4n) is 3.95. The SMILES string of the molecule is CC1CCCC(N2CC(C(C)(C)C)NCC2C)C1C. The minimum absolute atomic E-state index is 0.363. The zero-order valence-electron chi connectivity index (χ0n) is 13.9. The molecule has 5 unspecified atom stereocenters. The second kappa shape index (κ2) is 5.73. The molecule has 2 aliphatic rings. The summed E-state index contributed by atoms with van der Waals surface area (Å²) in [7, 11) is 0. The van der Waals surface area contributed by atoms with Gasteiger partial charge in [-0.15, -0.1) is 0 Å². The molecule has 1 heterocycles. The van der Waals surface area contributed by atoms with Gasteiger partial charge in [0.1, 0.15) is 0 Å². The highest BCUT2D eigenvalue weighted by Gasteiger charge is 2.39. The highest BCUT2D eigenvalue weighted by molar-refractivity contribution is 4.95. The van der Waals surface area contributed by atoms with Gasteiger partial charge in [0.2, 0.25) is 0 Å². The van der Waals surface area contributed by atoms with Crippen LogP contribution in [0.15, 0.2) is 0 Å². The summed E-state index contributed by atoms with van der Waals surface area (Å²) < 4.78 is 0. The monoisotopic (exact) mass is 266 g/mol. The van der Waals surface area contributed by atoms with Gasteiger partial charge in [0.05, 0.1) is 0 Å². The lowest BCUT2D eigenvalue weighted by Gasteiger charge is -2.50. The van der Waals surface area contributed by atoms with Crippen molar-refractivity contribution in [1.29, 1.82) is 0 Å². The van der Waals surface area contributed by atoms with Gasteiger partial charge in [-0.05, 0) is 30.6 Å². The molecule has 0 aromatic rings. The number of nitrogens with zero attached hydrogens (tertiary/aromatic N) is 1. The Bertz CT molecular complexity index is 294. The maximum absolute atomic E-state index is 3.76. The predicted molar refractivity (Wildman–Crippen MR) is 83.4 cm³/mol. The lowest BCUT2D eigenvalue weighted by molar-refractivity contribution is 0.00675. The van der Waals surface area contributed by atoms with Crippen molar-refractivity contribution >= 4 is 0 Å². The van der Waals surface area contributed by atoms with Crippen LogP contribution in [0.2, 0.25) is 0 Å². The van der Waals surface area contributed by atoms with Crippen molar-refractivity contribution in [1.82, 2.24) is 10.2 Å². The van der Waals surface area contributed by atoms with Gasteiger partial charge in [0.25, 0.3) is 0 Å². The number of hydrogen-bond donors (Lipinski definition) is 1. The number of nitrogens with one attached hydrogen (secondary N) is 1. The van der Waals surface area contributed by atoms with Crippen LogP contribution in [0.1, 0.15) is 60.8 Å². The summed E-state index contributed by atoms with van der Waals surface area (Å²) >= 11 is 0. The molecule has 0 radical (unpaired) electrons. The molecular formula is C17H34N2. The quantitative estimate of drug-likeness (QED) is 0.781. The maximum Gasteiger partial charge on any atom is 0.0244 e. The average Bonchev–Trinajstić information content (AvgIpc) is 2.32. The van der Waals surface area contributed by atoms with Crippen molar-refractivity contribution in [2.24, 2.45) is 17.3 Å². The van der Waals surface area contributed by atoms with Gasteiger partial charge in [0, 0.05) is 31.2 Å². The Labute approximate surface area is 120 Å². The van der Waals surface area contributed by atoms with E-state index in [-0.39, 0.29) is 0 Å². The summed E-state index contributed by atoms with van der Waals surface area (Å²) in [5.74, 6) is 1.75. The van der Waals surface area contributed by atoms with Crippen LogP contribution in [0, 0.1) is 17.3 Å². The lowest BCUT2D eigenvalue weighted by atomic mass is 9.75. The lowest BCUT2D eigenvalue weighted by Crippen LogP contribution is -2.63. The van der Waals surface area contributed by atoms with E-state index in [9.17, 15) is 0 Å². The van der Waals surface area contributed by atoms with Gasteiger partial charge in [-0.1, -0.05) is 47.5 Å². The summed E-state index contributed by atoms with van der Waals surface area (Å²) in [6.07, 6.45) is 4.26. The Morgan fingerprint density at radius 1 is 1.05 bits per heavy atom. The van der Waals surface area contributed by atoms with Crippen LogP contribution >= 0.6 is 0 Å². The molecule has 112 valence electrons. The zero-order chi connectivity index (χ0) is 14.2. The van der Waals surface area contributed by atoms with E-state index in [1.807, 2.05) is 0 Å². The van der Waals surface area contributed by atoms with Gasteiger partial charge in [-0.3, -0.25) is 4.90 Å². The molecule has 0 spiro atoms. The van der Waals surface area contributed by atoms with Gasteiger partial charge in [-0.2, -0.15) is 0 Å². The minimum Gasteiger partial charge on any atom is -0.311 e. The molecule has 2 rings (SSSR count). The molecule has 2 heteroatoms. The summed E-state index contributed by atoms with van der Waals surface area (Å²) in [6, 6.07) is 2.13. The van der Waals surface area contributed by atoms with Gasteiger partial charge < -0.3 is 5.32 Å². The Morgan fingerprint density at radius 2 is 1.74 bits per heavy atom. The molecule has 5 atom stereocenters. The van der Waals surface area contributed by atoms with Crippen molar-refractivity contribution < 1.29 is 0 Å². The van der Waals surface area contributed by atoms with Crippen LogP contribution < -0.4 is 5.32 Å². The summed E-state index contributed by atoms with van der Waals surface area (Å²) in [6.45, 7) is 16.8. The van der Waals surface area contributed by atoms with Crippen LogP contribution in [0.25, 0.3) is 0 Å². The molecule has 1 aliphatic carbocycles. The van der Waals surface area contributed by atoms with Crippen molar-refractivity contribution in [3.8, 4) is 0 Å². The van der Waals surface area contributed by atoms with Crippen molar-refractivity contribution in [3.63, 3.8) is 0 Å². The molecular weight excluding hydrogens is 232 g/mol. The van der Waals surface area contributed by atoms with Crippen LogP contribution in [0.4, 0.5) is 0 Å². The predicted octanol–water partition coefficient (Wildman–Crippen LogP) is 3.52. The summed E-state index contributed by atoms with van der Waals surface area (Å²) in [5.41, 5.74) is 0.363. The van der Waals surface area contributed by atoms with E-state index in [4.69, 9.17) is 0 Å². The molecule has 1 aliphatic heterocycles. The van der Waals surface area contributed by atoms with E-state index in [2.05, 4.69) is 51.8 Å². The molecule has 19 heavy (non-hydrogen) atoms. The van der Waals surface area contributed by atoms with E-state index in [0.29, 0.717) is 17.5 Å². The van der Waals surface area contributed by atoms with Gasteiger partial charge >= 0.3 is 0 Å². The number of rotatable bonds is 1. The molecule has 2 nitrogen and oxygen atoms in total. The van der Waals surface area contributed by atoms with E-state index >= 15 is 0 Å². The Morgan fingerprint density at radius 3 is 2.37 bits per heavy atom. The third-order valence-electron chi connectivity index (χ3n) is 5.75. The molecule has 1 saturated heterocycles. The zero-order valence-corrected chi connectivity index (χ0v) is 13.9. The number of piperazine rings is 1. The molecule has 2 fully saturated rings. The Hall–Kier alpha value is -0.0800. The van der Waals surface area contributed by atoms with Crippen LogP contribution in [0.3, 0.4) is 0 Å². The Balaban J connectivity index is 2.08. The van der Waals surface area contributed by atoms with E-state index in [1.54, 1.807) is 0 Å². The second-order valence-electron chi connectivity index (χ2n) is 8.21. The summed E-state index contributed by atoms with van der Waals surface area (Å²) in [5, 5.41) is 3.76. The highest BCUT2D eigenvalue weighted by Crippen LogP contribution is 2.35. The third-order valence-corrected chi connectivity index (χ3v) is 5.75. The molecule has 1 N–H and O–H groups in total. The first kappa shape index (κ1) is 15.3. The highest BCUT2D eigenvalue weighted by atomic mass is 15.3. The van der Waals surface area contributed by atoms with E-state index in [1.165, 1.54) is 25.8 Å². The first-order valence-electron chi connectivity index (χ1n) is 8.30. The molecule has 0 aromatic heterocycles. The van der Waals surface area contributed by atoms with Crippen LogP contribution in [0.5, 0.6) is 0 Å². The summed E-state index contributed by atoms with van der Waals surface area (Å²) in [4.78, 5) is 2.83. The maximum atomic E-state index is 3.76. The van der Waals surface area contributed by atoms with Crippen molar-refractivity contribution in [2.75, 3.05) is 13.1 Å². The van der Waals surface area contributed by atoms with Crippen molar-refractivity contribution in [2.45, 2.75) is 78.9 Å². The fraction of sp³-hybridized carbons (Fsp3) is 1.00. The topological polar surface area (TPSA) is 15.3 Å². The number of hydrogen-bond acceptors (Lipinski definition) is 2. The normalized spacial score (nSPS) is 42.3. The third kappa shape index (κ3) is 3.33. The molecule has 1 saturated carbocycles. The first-order chi connectivity index (χ1) is 8.80.